The maximum Gasteiger partial charge on any atom is 0.471 e. The molecule has 1 rings (SSSR count). The van der Waals surface area contributed by atoms with Gasteiger partial charge >= 0.3 is 17.8 Å². The Morgan fingerprint density at radius 2 is 1.93 bits per heavy atom. The highest BCUT2D eigenvalue weighted by Crippen LogP contribution is 2.15. The third kappa shape index (κ3) is 2.69. The van der Waals surface area contributed by atoms with Gasteiger partial charge in [0, 0.05) is 6.20 Å². The largest absolute Gasteiger partial charge is 0.471 e. The van der Waals surface area contributed by atoms with Gasteiger partial charge in [0.15, 0.2) is 0 Å². The molecular weight excluding hydrogens is 219 g/mol. The van der Waals surface area contributed by atoms with Crippen LogP contribution in [-0.4, -0.2) is 22.1 Å². The smallest absolute Gasteiger partial charge is 0.312 e. The fraction of sp³-hybridized carbons (Fsp3) is 0.167. The van der Waals surface area contributed by atoms with Crippen molar-refractivity contribution in [2.24, 2.45) is 0 Å². The number of halogens is 3. The van der Waals surface area contributed by atoms with Crippen molar-refractivity contribution < 1.29 is 18.0 Å². The molecule has 0 bridgehead atoms. The van der Waals surface area contributed by atoms with E-state index in [9.17, 15) is 27.6 Å². The number of hydrogen-bond donors (Lipinski definition) is 3. The SMILES string of the molecule is O=C(Nc1c[nH]c(=O)[nH]c1=O)C(F)(F)F. The number of aromatic amines is 2. The predicted octanol–water partition coefficient (Wildman–Crippen LogP) is -0.436. The average molecular weight is 223 g/mol. The van der Waals surface area contributed by atoms with E-state index in [4.69, 9.17) is 0 Å². The molecule has 0 saturated carbocycles. The number of carbonyl (C=O) groups excluding carboxylic acids is 1. The summed E-state index contributed by atoms with van der Waals surface area (Å²) in [5.74, 6) is -2.29. The zero-order valence-corrected chi connectivity index (χ0v) is 6.94. The van der Waals surface area contributed by atoms with Crippen LogP contribution in [0.1, 0.15) is 0 Å². The van der Waals surface area contributed by atoms with Gasteiger partial charge in [-0.2, -0.15) is 13.2 Å². The molecule has 0 aliphatic rings. The Morgan fingerprint density at radius 3 is 2.40 bits per heavy atom. The topological polar surface area (TPSA) is 94.8 Å². The number of hydrogen-bond acceptors (Lipinski definition) is 3. The first-order valence-electron chi connectivity index (χ1n) is 3.51. The molecule has 6 nitrogen and oxygen atoms in total. The molecule has 0 aliphatic heterocycles. The van der Waals surface area contributed by atoms with Crippen LogP contribution in [0.4, 0.5) is 18.9 Å². The summed E-state index contributed by atoms with van der Waals surface area (Å²) in [5, 5.41) is 1.30. The molecule has 1 aromatic rings. The Balaban J connectivity index is 2.97. The van der Waals surface area contributed by atoms with E-state index < -0.39 is 29.0 Å². The summed E-state index contributed by atoms with van der Waals surface area (Å²) in [7, 11) is 0. The highest BCUT2D eigenvalue weighted by atomic mass is 19.4. The van der Waals surface area contributed by atoms with E-state index in [1.165, 1.54) is 5.32 Å². The van der Waals surface area contributed by atoms with Gasteiger partial charge in [-0.1, -0.05) is 0 Å². The molecule has 9 heteroatoms. The zero-order valence-electron chi connectivity index (χ0n) is 6.94. The van der Waals surface area contributed by atoms with Crippen LogP contribution in [0.15, 0.2) is 15.8 Å². The second-order valence-electron chi connectivity index (χ2n) is 2.44. The van der Waals surface area contributed by atoms with E-state index >= 15 is 0 Å². The number of carbonyl (C=O) groups is 1. The van der Waals surface area contributed by atoms with Crippen LogP contribution >= 0.6 is 0 Å². The lowest BCUT2D eigenvalue weighted by Gasteiger charge is -2.05. The molecule has 0 saturated heterocycles. The monoisotopic (exact) mass is 223 g/mol. The van der Waals surface area contributed by atoms with Crippen molar-refractivity contribution in [2.75, 3.05) is 5.32 Å². The number of aromatic nitrogens is 2. The maximum absolute atomic E-state index is 11.7. The molecule has 3 N–H and O–H groups in total. The lowest BCUT2D eigenvalue weighted by Crippen LogP contribution is -2.34. The van der Waals surface area contributed by atoms with E-state index in [2.05, 4.69) is 0 Å². The van der Waals surface area contributed by atoms with Crippen LogP contribution in [0.2, 0.25) is 0 Å². The van der Waals surface area contributed by atoms with Crippen LogP contribution < -0.4 is 16.6 Å². The van der Waals surface area contributed by atoms with E-state index in [1.54, 1.807) is 4.98 Å². The van der Waals surface area contributed by atoms with Gasteiger partial charge in [-0.25, -0.2) is 4.79 Å². The summed E-state index contributed by atoms with van der Waals surface area (Å²) < 4.78 is 35.2. The van der Waals surface area contributed by atoms with Crippen LogP contribution in [0.5, 0.6) is 0 Å². The van der Waals surface area contributed by atoms with Crippen LogP contribution in [0.3, 0.4) is 0 Å². The lowest BCUT2D eigenvalue weighted by atomic mass is 10.5. The molecule has 0 fully saturated rings. The Hall–Kier alpha value is -2.06. The fourth-order valence-corrected chi connectivity index (χ4v) is 0.696. The van der Waals surface area contributed by atoms with E-state index in [-0.39, 0.29) is 0 Å². The number of nitrogens with one attached hydrogen (secondary N) is 3. The van der Waals surface area contributed by atoms with Gasteiger partial charge in [-0.05, 0) is 0 Å². The fourth-order valence-electron chi connectivity index (χ4n) is 0.696. The lowest BCUT2D eigenvalue weighted by molar-refractivity contribution is -0.167. The second kappa shape index (κ2) is 3.59. The predicted molar refractivity (Wildman–Crippen MR) is 42.4 cm³/mol. The first-order valence-corrected chi connectivity index (χ1v) is 3.51. The van der Waals surface area contributed by atoms with Gasteiger partial charge in [-0.15, -0.1) is 0 Å². The molecule has 1 heterocycles. The quantitative estimate of drug-likeness (QED) is 0.602. The zero-order chi connectivity index (χ0) is 11.6. The number of rotatable bonds is 1. The summed E-state index contributed by atoms with van der Waals surface area (Å²) >= 11 is 0. The maximum atomic E-state index is 11.7. The third-order valence-electron chi connectivity index (χ3n) is 1.32. The standard InChI is InChI=1S/C6H4F3N3O3/c7-6(8,9)4(14)11-2-1-10-5(15)12-3(2)13/h1H,(H,11,14)(H2,10,12,13,15). The van der Waals surface area contributed by atoms with Gasteiger partial charge in [-0.3, -0.25) is 14.6 Å². The minimum Gasteiger partial charge on any atom is -0.312 e. The summed E-state index contributed by atoms with van der Waals surface area (Å²) in [6.45, 7) is 0. The van der Waals surface area contributed by atoms with Crippen LogP contribution in [0.25, 0.3) is 0 Å². The molecule has 0 spiro atoms. The molecule has 0 radical (unpaired) electrons. The molecular formula is C6H4F3N3O3. The molecule has 15 heavy (non-hydrogen) atoms. The van der Waals surface area contributed by atoms with Gasteiger partial charge in [0.2, 0.25) is 0 Å². The molecule has 1 amide bonds. The van der Waals surface area contributed by atoms with Crippen LogP contribution in [0, 0.1) is 0 Å². The van der Waals surface area contributed by atoms with Crippen molar-refractivity contribution in [1.82, 2.24) is 9.97 Å². The van der Waals surface area contributed by atoms with Gasteiger partial charge < -0.3 is 10.3 Å². The van der Waals surface area contributed by atoms with Gasteiger partial charge in [0.05, 0.1) is 0 Å². The van der Waals surface area contributed by atoms with E-state index in [1.807, 2.05) is 4.98 Å². The summed E-state index contributed by atoms with van der Waals surface area (Å²) in [6, 6.07) is 0. The highest BCUT2D eigenvalue weighted by molar-refractivity contribution is 5.94. The van der Waals surface area contributed by atoms with Gasteiger partial charge in [0.25, 0.3) is 5.56 Å². The molecule has 0 atom stereocenters. The number of alkyl halides is 3. The van der Waals surface area contributed by atoms with Crippen molar-refractivity contribution in [3.8, 4) is 0 Å². The Labute approximate surface area is 79.1 Å². The van der Waals surface area contributed by atoms with E-state index in [0.717, 1.165) is 0 Å². The Morgan fingerprint density at radius 1 is 1.33 bits per heavy atom. The highest BCUT2D eigenvalue weighted by Gasteiger charge is 2.39. The number of amides is 1. The normalized spacial score (nSPS) is 11.1. The Kier molecular flexibility index (Phi) is 2.64. The Bertz CT molecular complexity index is 487. The average Bonchev–Trinajstić information content (AvgIpc) is 2.08. The first kappa shape index (κ1) is 11.0. The minimum atomic E-state index is -5.09. The molecule has 82 valence electrons. The second-order valence-corrected chi connectivity index (χ2v) is 2.44. The number of anilines is 1. The van der Waals surface area contributed by atoms with Crippen molar-refractivity contribution >= 4 is 11.6 Å². The number of H-pyrrole nitrogens is 2. The van der Waals surface area contributed by atoms with Crippen molar-refractivity contribution in [1.29, 1.82) is 0 Å². The summed E-state index contributed by atoms with van der Waals surface area (Å²) in [5.41, 5.74) is -2.68. The summed E-state index contributed by atoms with van der Waals surface area (Å²) in [6.07, 6.45) is -4.42. The van der Waals surface area contributed by atoms with Crippen molar-refractivity contribution in [3.05, 3.63) is 27.0 Å². The van der Waals surface area contributed by atoms with Gasteiger partial charge in [0.1, 0.15) is 5.69 Å². The molecule has 1 aromatic heterocycles. The first-order chi connectivity index (χ1) is 6.80. The van der Waals surface area contributed by atoms with Crippen molar-refractivity contribution in [3.63, 3.8) is 0 Å². The molecule has 0 aromatic carbocycles. The van der Waals surface area contributed by atoms with E-state index in [0.29, 0.717) is 6.20 Å². The minimum absolute atomic E-state index is 0.671. The third-order valence-corrected chi connectivity index (χ3v) is 1.32. The van der Waals surface area contributed by atoms with Crippen molar-refractivity contribution in [2.45, 2.75) is 6.18 Å². The summed E-state index contributed by atoms with van der Waals surface area (Å²) in [4.78, 5) is 35.3. The molecule has 0 unspecified atom stereocenters. The molecule has 0 aliphatic carbocycles. The van der Waals surface area contributed by atoms with Crippen LogP contribution in [-0.2, 0) is 4.79 Å².